The van der Waals surface area contributed by atoms with Gasteiger partial charge in [-0.25, -0.2) is 0 Å². The van der Waals surface area contributed by atoms with Gasteiger partial charge in [0.05, 0.1) is 6.61 Å². The molecular formula is C12H15IO6. The molecule has 3 unspecified atom stereocenters. The Morgan fingerprint density at radius 2 is 1.79 bits per heavy atom. The molecule has 5 atom stereocenters. The molecule has 0 bridgehead atoms. The molecular weight excluding hydrogens is 367 g/mol. The minimum atomic E-state index is -1.14. The van der Waals surface area contributed by atoms with E-state index in [1.54, 1.807) is 0 Å². The molecule has 0 saturated carbocycles. The van der Waals surface area contributed by atoms with Gasteiger partial charge in [-0.05, 0) is 46.9 Å². The lowest BCUT2D eigenvalue weighted by atomic mass is 10.0. The first-order valence-corrected chi connectivity index (χ1v) is 6.99. The second kappa shape index (κ2) is 6.23. The number of phenols is 1. The Balaban J connectivity index is 2.13. The molecule has 0 radical (unpaired) electrons. The number of alkyl halides is 1. The van der Waals surface area contributed by atoms with Crippen molar-refractivity contribution in [2.24, 2.45) is 0 Å². The number of aromatic hydroxyl groups is 1. The van der Waals surface area contributed by atoms with Gasteiger partial charge in [0.2, 0.25) is 0 Å². The number of hydrogen-bond donors (Lipinski definition) is 4. The highest BCUT2D eigenvalue weighted by Crippen LogP contribution is 2.28. The molecule has 7 heteroatoms. The zero-order valence-electron chi connectivity index (χ0n) is 9.89. The van der Waals surface area contributed by atoms with Gasteiger partial charge in [-0.2, -0.15) is 0 Å². The van der Waals surface area contributed by atoms with E-state index in [0.29, 0.717) is 5.75 Å². The fourth-order valence-corrected chi connectivity index (χ4v) is 2.65. The van der Waals surface area contributed by atoms with Crippen molar-refractivity contribution in [3.05, 3.63) is 24.3 Å². The first kappa shape index (κ1) is 14.8. The van der Waals surface area contributed by atoms with E-state index in [2.05, 4.69) is 0 Å². The highest BCUT2D eigenvalue weighted by atomic mass is 127. The van der Waals surface area contributed by atoms with Crippen LogP contribution in [0, 0.1) is 0 Å². The Morgan fingerprint density at radius 3 is 2.37 bits per heavy atom. The van der Waals surface area contributed by atoms with E-state index in [4.69, 9.17) is 14.6 Å². The van der Waals surface area contributed by atoms with E-state index in [1.807, 2.05) is 22.6 Å². The fraction of sp³-hybridized carbons (Fsp3) is 0.500. The predicted molar refractivity (Wildman–Crippen MR) is 74.3 cm³/mol. The predicted octanol–water partition coefficient (Wildman–Crippen LogP) is 0.0136. The van der Waals surface area contributed by atoms with E-state index in [0.717, 1.165) is 0 Å². The highest BCUT2D eigenvalue weighted by Gasteiger charge is 2.44. The van der Waals surface area contributed by atoms with Crippen LogP contribution in [0.2, 0.25) is 0 Å². The molecule has 0 amide bonds. The van der Waals surface area contributed by atoms with Crippen LogP contribution in [0.3, 0.4) is 0 Å². The normalized spacial score (nSPS) is 35.1. The van der Waals surface area contributed by atoms with Gasteiger partial charge in [-0.1, -0.05) is 0 Å². The summed E-state index contributed by atoms with van der Waals surface area (Å²) >= 11 is 1.88. The Hall–Kier alpha value is -0.610. The topological polar surface area (TPSA) is 99.4 Å². The quantitative estimate of drug-likeness (QED) is 0.435. The van der Waals surface area contributed by atoms with Crippen LogP contribution in [0.25, 0.3) is 0 Å². The highest BCUT2D eigenvalue weighted by molar-refractivity contribution is 14.1. The molecule has 1 fully saturated rings. The Bertz CT molecular complexity index is 411. The number of phenolic OH excluding ortho intramolecular Hbond substituents is 1. The number of aliphatic hydroxyl groups excluding tert-OH is 3. The van der Waals surface area contributed by atoms with Gasteiger partial charge in [-0.15, -0.1) is 0 Å². The molecule has 1 aliphatic rings. The summed E-state index contributed by atoms with van der Waals surface area (Å²) in [6.45, 7) is -0.358. The first-order valence-electron chi connectivity index (χ1n) is 5.75. The smallest absolute Gasteiger partial charge is 0.156 e. The van der Waals surface area contributed by atoms with Crippen LogP contribution in [-0.4, -0.2) is 55.6 Å². The van der Waals surface area contributed by atoms with Crippen LogP contribution in [0.4, 0.5) is 0 Å². The second-order valence-electron chi connectivity index (χ2n) is 4.27. The summed E-state index contributed by atoms with van der Waals surface area (Å²) < 4.78 is 10.2. The lowest BCUT2D eigenvalue weighted by Crippen LogP contribution is -2.59. The van der Waals surface area contributed by atoms with E-state index >= 15 is 0 Å². The second-order valence-corrected chi connectivity index (χ2v) is 5.49. The summed E-state index contributed by atoms with van der Waals surface area (Å²) in [5.74, 6) is 0.503. The van der Waals surface area contributed by atoms with Crippen LogP contribution in [0.5, 0.6) is 11.5 Å². The number of benzene rings is 1. The van der Waals surface area contributed by atoms with Crippen molar-refractivity contribution in [3.63, 3.8) is 0 Å². The third kappa shape index (κ3) is 3.29. The number of hydrogen-bond acceptors (Lipinski definition) is 6. The van der Waals surface area contributed by atoms with Crippen LogP contribution < -0.4 is 4.74 Å². The van der Waals surface area contributed by atoms with Gasteiger partial charge in [-0.3, -0.25) is 0 Å². The molecule has 4 N–H and O–H groups in total. The van der Waals surface area contributed by atoms with E-state index in [-0.39, 0.29) is 12.4 Å². The lowest BCUT2D eigenvalue weighted by Gasteiger charge is -2.40. The van der Waals surface area contributed by atoms with Crippen molar-refractivity contribution in [2.75, 3.05) is 6.61 Å². The number of rotatable bonds is 3. The molecule has 1 aromatic carbocycles. The molecule has 2 rings (SSSR count). The molecule has 106 valence electrons. The lowest BCUT2D eigenvalue weighted by molar-refractivity contribution is -0.193. The fourth-order valence-electron chi connectivity index (χ4n) is 1.86. The summed E-state index contributed by atoms with van der Waals surface area (Å²) in [5, 5.41) is 38.3. The first-order chi connectivity index (χ1) is 9.02. The molecule has 1 heterocycles. The SMILES string of the molecule is OCC1O[C@H](I)C(O)C(Oc2ccc(O)cc2)[C@H]1O. The minimum absolute atomic E-state index is 0.0976. The third-order valence-corrected chi connectivity index (χ3v) is 3.95. The number of aliphatic hydroxyl groups is 3. The maximum atomic E-state index is 10.0. The standard InChI is InChI=1S/C12H15IO6/c13-12-10(17)11(9(16)8(5-14)19-12)18-7-3-1-6(15)2-4-7/h1-4,8-12,14-17H,5H2/t8?,9-,10?,11?,12-/m0/s1. The van der Waals surface area contributed by atoms with Gasteiger partial charge in [0.15, 0.2) is 6.10 Å². The molecule has 1 saturated heterocycles. The number of ether oxygens (including phenoxy) is 2. The van der Waals surface area contributed by atoms with Gasteiger partial charge >= 0.3 is 0 Å². The summed E-state index contributed by atoms with van der Waals surface area (Å²) in [6, 6.07) is 5.94. The zero-order chi connectivity index (χ0) is 14.0. The van der Waals surface area contributed by atoms with Crippen molar-refractivity contribution in [1.29, 1.82) is 0 Å². The molecule has 0 spiro atoms. The Labute approximate surface area is 123 Å². The van der Waals surface area contributed by atoms with Crippen molar-refractivity contribution in [3.8, 4) is 11.5 Å². The van der Waals surface area contributed by atoms with Crippen LogP contribution >= 0.6 is 22.6 Å². The molecule has 1 aromatic rings. The van der Waals surface area contributed by atoms with Crippen LogP contribution in [0.1, 0.15) is 0 Å². The average Bonchev–Trinajstić information content (AvgIpc) is 2.41. The maximum Gasteiger partial charge on any atom is 0.156 e. The third-order valence-electron chi connectivity index (χ3n) is 2.92. The van der Waals surface area contributed by atoms with Crippen LogP contribution in [-0.2, 0) is 4.74 Å². The molecule has 19 heavy (non-hydrogen) atoms. The van der Waals surface area contributed by atoms with Crippen molar-refractivity contribution in [1.82, 2.24) is 0 Å². The van der Waals surface area contributed by atoms with Gasteiger partial charge in [0.1, 0.15) is 33.9 Å². The van der Waals surface area contributed by atoms with Gasteiger partial charge < -0.3 is 29.9 Å². The number of halogens is 1. The molecule has 0 aliphatic carbocycles. The van der Waals surface area contributed by atoms with E-state index < -0.39 is 28.5 Å². The van der Waals surface area contributed by atoms with E-state index in [1.165, 1.54) is 24.3 Å². The van der Waals surface area contributed by atoms with Gasteiger partial charge in [0, 0.05) is 0 Å². The van der Waals surface area contributed by atoms with Crippen molar-refractivity contribution < 1.29 is 29.9 Å². The summed E-state index contributed by atoms with van der Waals surface area (Å²) in [7, 11) is 0. The van der Waals surface area contributed by atoms with E-state index in [9.17, 15) is 15.3 Å². The minimum Gasteiger partial charge on any atom is -0.508 e. The summed E-state index contributed by atoms with van der Waals surface area (Å²) in [4.78, 5) is 0. The van der Waals surface area contributed by atoms with Crippen molar-refractivity contribution in [2.45, 2.75) is 28.5 Å². The summed E-state index contributed by atoms with van der Waals surface area (Å²) in [6.07, 6.45) is -3.86. The van der Waals surface area contributed by atoms with Gasteiger partial charge in [0.25, 0.3) is 0 Å². The molecule has 0 aromatic heterocycles. The average molecular weight is 382 g/mol. The zero-order valence-corrected chi connectivity index (χ0v) is 12.0. The largest absolute Gasteiger partial charge is 0.508 e. The van der Waals surface area contributed by atoms with Crippen molar-refractivity contribution >= 4 is 22.6 Å². The summed E-state index contributed by atoms with van der Waals surface area (Å²) in [5.41, 5.74) is 0. The Morgan fingerprint density at radius 1 is 1.16 bits per heavy atom. The molecule has 1 aliphatic heterocycles. The molecule has 6 nitrogen and oxygen atoms in total. The monoisotopic (exact) mass is 382 g/mol. The van der Waals surface area contributed by atoms with Crippen LogP contribution in [0.15, 0.2) is 24.3 Å². The maximum absolute atomic E-state index is 10.0. The Kier molecular flexibility index (Phi) is 4.85.